The summed E-state index contributed by atoms with van der Waals surface area (Å²) in [5.41, 5.74) is 7.17. The Morgan fingerprint density at radius 3 is 1.28 bits per heavy atom. The average Bonchev–Trinajstić information content (AvgIpc) is 4.00. The number of hydrogen-bond donors (Lipinski definition) is 9. The molecule has 11 rings (SSSR count). The van der Waals surface area contributed by atoms with E-state index in [0.717, 1.165) is 5.56 Å². The van der Waals surface area contributed by atoms with E-state index in [0.29, 0.717) is 72.9 Å². The van der Waals surface area contributed by atoms with Gasteiger partial charge in [0.2, 0.25) is 0 Å². The molecule has 0 saturated carbocycles. The van der Waals surface area contributed by atoms with Crippen molar-refractivity contribution in [3.63, 3.8) is 0 Å². The van der Waals surface area contributed by atoms with Gasteiger partial charge in [0.1, 0.15) is 87.3 Å². The van der Waals surface area contributed by atoms with Gasteiger partial charge < -0.3 is 60.2 Å². The second kappa shape index (κ2) is 16.2. The van der Waals surface area contributed by atoms with Gasteiger partial charge in [-0.2, -0.15) is 0 Å². The summed E-state index contributed by atoms with van der Waals surface area (Å²) in [5.74, 6) is -1.32. The predicted molar refractivity (Wildman–Crippen MR) is 251 cm³/mol. The highest BCUT2D eigenvalue weighted by Gasteiger charge is 2.47. The van der Waals surface area contributed by atoms with Crippen LogP contribution in [0.25, 0.3) is 12.2 Å². The summed E-state index contributed by atoms with van der Waals surface area (Å²) in [5, 5.41) is 96.5. The van der Waals surface area contributed by atoms with Crippen LogP contribution in [0.1, 0.15) is 97.3 Å². The third-order valence-corrected chi connectivity index (χ3v) is 13.0. The Bertz CT molecular complexity index is 3250. The number of hydrogen-bond acceptors (Lipinski definition) is 12. The summed E-state index contributed by atoms with van der Waals surface area (Å²) in [6, 6.07) is 40.6. The summed E-state index contributed by atoms with van der Waals surface area (Å²) in [6.45, 7) is 0. The molecule has 0 saturated heterocycles. The molecule has 12 heteroatoms. The largest absolute Gasteiger partial charge is 0.508 e. The maximum Gasteiger partial charge on any atom is 0.135 e. The smallest absolute Gasteiger partial charge is 0.135 e. The summed E-state index contributed by atoms with van der Waals surface area (Å²) >= 11 is 0. The van der Waals surface area contributed by atoms with Gasteiger partial charge in [-0.15, -0.1) is 0 Å². The van der Waals surface area contributed by atoms with Crippen molar-refractivity contribution in [2.75, 3.05) is 0 Å². The van der Waals surface area contributed by atoms with Crippen LogP contribution < -0.4 is 14.2 Å². The Morgan fingerprint density at radius 2 is 0.721 bits per heavy atom. The van der Waals surface area contributed by atoms with Gasteiger partial charge >= 0.3 is 0 Å². The van der Waals surface area contributed by atoms with E-state index in [2.05, 4.69) is 0 Å². The van der Waals surface area contributed by atoms with Crippen LogP contribution >= 0.6 is 0 Å². The van der Waals surface area contributed by atoms with Gasteiger partial charge in [-0.25, -0.2) is 0 Å². The van der Waals surface area contributed by atoms with Crippen molar-refractivity contribution in [2.45, 2.75) is 36.1 Å². The molecule has 0 radical (unpaired) electrons. The van der Waals surface area contributed by atoms with E-state index in [9.17, 15) is 46.0 Å². The van der Waals surface area contributed by atoms with Crippen LogP contribution in [0.4, 0.5) is 0 Å². The van der Waals surface area contributed by atoms with Crippen LogP contribution in [0.3, 0.4) is 0 Å². The number of aromatic hydroxyl groups is 9. The summed E-state index contributed by atoms with van der Waals surface area (Å²) < 4.78 is 20.4. The lowest BCUT2D eigenvalue weighted by Crippen LogP contribution is -2.16. The molecule has 3 aliphatic rings. The molecule has 68 heavy (non-hydrogen) atoms. The van der Waals surface area contributed by atoms with Crippen molar-refractivity contribution >= 4 is 12.2 Å². The molecule has 0 fully saturated rings. The van der Waals surface area contributed by atoms with Crippen molar-refractivity contribution in [1.29, 1.82) is 0 Å². The van der Waals surface area contributed by atoms with Crippen molar-refractivity contribution < 1.29 is 60.2 Å². The Labute approximate surface area is 389 Å². The normalized spacial score (nSPS) is 20.0. The summed E-state index contributed by atoms with van der Waals surface area (Å²) in [6.07, 6.45) is 1.40. The minimum absolute atomic E-state index is 0.0494. The van der Waals surface area contributed by atoms with E-state index in [4.69, 9.17) is 14.2 Å². The molecule has 0 aliphatic carbocycles. The number of phenols is 9. The lowest BCUT2D eigenvalue weighted by atomic mass is 9.76. The standard InChI is InChI=1S/C56H42O12/c57-35-10-2-28(3-11-35)1-4-31-17-42(64)26-47-49(31)50(33-18-38(60)23-39(61)19-33)56(67-47)32-9-16-46-44(22-32)52(55(66-46)30-7-14-37(59)15-8-30)45-25-43(65)27-48-53(45)51(34-20-40(62)24-41(63)21-34)54(68-48)29-5-12-36(58)13-6-29/h1-27,50-52,54-65H/b4-1+/t50-,51-,52+,54+,55+,56+/m0/s1. The lowest BCUT2D eigenvalue weighted by Gasteiger charge is -2.26. The van der Waals surface area contributed by atoms with Gasteiger partial charge in [-0.1, -0.05) is 54.6 Å². The van der Waals surface area contributed by atoms with Crippen molar-refractivity contribution in [3.05, 3.63) is 213 Å². The maximum absolute atomic E-state index is 11.6. The molecule has 3 aliphatic heterocycles. The van der Waals surface area contributed by atoms with Crippen LogP contribution in [-0.2, 0) is 0 Å². The molecule has 338 valence electrons. The fourth-order valence-corrected chi connectivity index (χ4v) is 10.2. The van der Waals surface area contributed by atoms with Gasteiger partial charge in [0.15, 0.2) is 0 Å². The zero-order chi connectivity index (χ0) is 47.0. The van der Waals surface area contributed by atoms with Crippen molar-refractivity contribution in [1.82, 2.24) is 0 Å². The molecule has 12 nitrogen and oxygen atoms in total. The molecule has 3 heterocycles. The first-order valence-electron chi connectivity index (χ1n) is 21.8. The van der Waals surface area contributed by atoms with Gasteiger partial charge in [0.25, 0.3) is 0 Å². The Balaban J connectivity index is 1.09. The molecule has 8 aromatic carbocycles. The summed E-state index contributed by atoms with van der Waals surface area (Å²) in [7, 11) is 0. The van der Waals surface area contributed by atoms with E-state index >= 15 is 0 Å². The average molecular weight is 907 g/mol. The molecule has 6 atom stereocenters. The second-order valence-corrected chi connectivity index (χ2v) is 17.4. The van der Waals surface area contributed by atoms with Gasteiger partial charge in [-0.3, -0.25) is 0 Å². The van der Waals surface area contributed by atoms with Crippen LogP contribution in [0.5, 0.6) is 69.0 Å². The third kappa shape index (κ3) is 7.47. The van der Waals surface area contributed by atoms with Gasteiger partial charge in [0, 0.05) is 41.0 Å². The van der Waals surface area contributed by atoms with E-state index in [1.165, 1.54) is 24.3 Å². The SMILES string of the molecule is Oc1ccc(/C=C/c2cc(O)cc3c2[C@H](c2cc(O)cc(O)c2)[C@@H](c2ccc4c(c2)[C@H](c2cc(O)cc5c2[C@H](c2cc(O)cc(O)c2)[C@@H](c2ccc(O)cc2)O5)[C@@H](c2ccc(O)cc2)O4)O3)cc1. The fourth-order valence-electron chi connectivity index (χ4n) is 10.2. The minimum Gasteiger partial charge on any atom is -0.508 e. The number of phenolic OH excluding ortho intramolecular Hbond substituents is 9. The van der Waals surface area contributed by atoms with Crippen LogP contribution in [0.2, 0.25) is 0 Å². The van der Waals surface area contributed by atoms with E-state index in [1.807, 2.05) is 30.4 Å². The molecule has 0 aromatic heterocycles. The van der Waals surface area contributed by atoms with Crippen molar-refractivity contribution in [3.8, 4) is 69.0 Å². The monoisotopic (exact) mass is 906 g/mol. The first kappa shape index (κ1) is 41.8. The van der Waals surface area contributed by atoms with Gasteiger partial charge in [0.05, 0.1) is 17.8 Å². The van der Waals surface area contributed by atoms with Crippen LogP contribution in [-0.4, -0.2) is 46.0 Å². The number of ether oxygens (including phenoxy) is 3. The number of benzene rings is 8. The zero-order valence-corrected chi connectivity index (χ0v) is 35.8. The van der Waals surface area contributed by atoms with Crippen LogP contribution in [0.15, 0.2) is 152 Å². The van der Waals surface area contributed by atoms with E-state index in [-0.39, 0.29) is 51.7 Å². The molecule has 0 amide bonds. The van der Waals surface area contributed by atoms with Crippen molar-refractivity contribution in [2.24, 2.45) is 0 Å². The number of fused-ring (bicyclic) bond motifs is 3. The molecular weight excluding hydrogens is 865 g/mol. The molecule has 0 unspecified atom stereocenters. The summed E-state index contributed by atoms with van der Waals surface area (Å²) in [4.78, 5) is 0. The van der Waals surface area contributed by atoms with E-state index < -0.39 is 36.1 Å². The highest BCUT2D eigenvalue weighted by Crippen LogP contribution is 2.60. The highest BCUT2D eigenvalue weighted by atomic mass is 16.5. The van der Waals surface area contributed by atoms with E-state index in [1.54, 1.807) is 109 Å². The molecule has 0 bridgehead atoms. The Hall–Kier alpha value is -8.90. The first-order valence-corrected chi connectivity index (χ1v) is 21.8. The topological polar surface area (TPSA) is 210 Å². The lowest BCUT2D eigenvalue weighted by molar-refractivity contribution is 0.219. The van der Waals surface area contributed by atoms with Gasteiger partial charge in [-0.05, 0) is 129 Å². The number of rotatable bonds is 8. The molecule has 0 spiro atoms. The second-order valence-electron chi connectivity index (χ2n) is 17.4. The third-order valence-electron chi connectivity index (χ3n) is 13.0. The Kier molecular flexibility index (Phi) is 9.96. The molecular formula is C56H42O12. The molecule has 9 N–H and O–H groups in total. The molecule has 8 aromatic rings. The Morgan fingerprint density at radius 1 is 0.294 bits per heavy atom. The predicted octanol–water partition coefficient (Wildman–Crippen LogP) is 11.0. The highest BCUT2D eigenvalue weighted by molar-refractivity contribution is 5.76. The quantitative estimate of drug-likeness (QED) is 0.0652. The maximum atomic E-state index is 11.6. The first-order chi connectivity index (χ1) is 32.8. The zero-order valence-electron chi connectivity index (χ0n) is 35.8. The minimum atomic E-state index is -0.799. The van der Waals surface area contributed by atoms with Crippen LogP contribution in [0, 0.1) is 0 Å². The fraction of sp³-hybridized carbons (Fsp3) is 0.107.